The highest BCUT2D eigenvalue weighted by atomic mass is 79.9. The van der Waals surface area contributed by atoms with Crippen molar-refractivity contribution >= 4 is 27.3 Å². The highest BCUT2D eigenvalue weighted by Crippen LogP contribution is 2.19. The summed E-state index contributed by atoms with van der Waals surface area (Å²) in [7, 11) is 0. The Kier molecular flexibility index (Phi) is 4.15. The third-order valence-electron chi connectivity index (χ3n) is 2.44. The van der Waals surface area contributed by atoms with Crippen molar-refractivity contribution in [1.82, 2.24) is 9.13 Å². The third kappa shape index (κ3) is 2.80. The van der Waals surface area contributed by atoms with Crippen molar-refractivity contribution in [2.75, 3.05) is 6.54 Å². The highest BCUT2D eigenvalue weighted by Gasteiger charge is 2.06. The number of hydrogen-bond donors (Lipinski definition) is 1. The van der Waals surface area contributed by atoms with Crippen molar-refractivity contribution in [3.63, 3.8) is 0 Å². The van der Waals surface area contributed by atoms with Gasteiger partial charge in [-0.2, -0.15) is 0 Å². The molecule has 0 spiro atoms. The number of nitrogens with zero attached hydrogens (tertiary/aromatic N) is 2. The fraction of sp³-hybridized carbons (Fsp3) is 0.273. The minimum Gasteiger partial charge on any atom is -0.329 e. The van der Waals surface area contributed by atoms with Crippen LogP contribution in [0.5, 0.6) is 0 Å². The van der Waals surface area contributed by atoms with Crippen LogP contribution in [-0.4, -0.2) is 15.7 Å². The maximum absolute atomic E-state index is 12.1. The second-order valence-corrected chi connectivity index (χ2v) is 5.65. The first-order valence-electron chi connectivity index (χ1n) is 5.35. The van der Waals surface area contributed by atoms with E-state index in [0.29, 0.717) is 6.54 Å². The van der Waals surface area contributed by atoms with Crippen LogP contribution in [0.2, 0.25) is 0 Å². The molecule has 0 amide bonds. The Hall–Kier alpha value is -1.18. The Morgan fingerprint density at radius 3 is 2.78 bits per heavy atom. The van der Waals surface area contributed by atoms with Gasteiger partial charge in [0.2, 0.25) is 0 Å². The normalized spacial score (nSPS) is 10.8. The van der Waals surface area contributed by atoms with E-state index in [1.165, 1.54) is 16.8 Å². The molecule has 2 N–H and O–H groups in total. The molecule has 0 aliphatic rings. The molecule has 18 heavy (non-hydrogen) atoms. The number of aromatic nitrogens is 2. The van der Waals surface area contributed by atoms with Crippen molar-refractivity contribution in [3.8, 4) is 0 Å². The third-order valence-corrected chi connectivity index (χ3v) is 4.12. The van der Waals surface area contributed by atoms with Crippen LogP contribution >= 0.6 is 27.3 Å². The van der Waals surface area contributed by atoms with Crippen LogP contribution < -0.4 is 17.0 Å². The van der Waals surface area contributed by atoms with Crippen molar-refractivity contribution in [1.29, 1.82) is 0 Å². The lowest BCUT2D eigenvalue weighted by molar-refractivity contribution is 0.581. The van der Waals surface area contributed by atoms with Crippen LogP contribution in [0, 0.1) is 0 Å². The van der Waals surface area contributed by atoms with Gasteiger partial charge in [-0.25, -0.2) is 4.79 Å². The summed E-state index contributed by atoms with van der Waals surface area (Å²) in [6, 6.07) is 3.34. The molecular weight excluding hydrogens is 318 g/mol. The zero-order valence-corrected chi connectivity index (χ0v) is 11.9. The number of halogens is 1. The van der Waals surface area contributed by atoms with Crippen LogP contribution in [0.1, 0.15) is 4.88 Å². The number of hydrogen-bond acceptors (Lipinski definition) is 4. The monoisotopic (exact) mass is 329 g/mol. The first-order chi connectivity index (χ1) is 8.61. The van der Waals surface area contributed by atoms with Crippen LogP contribution in [0.3, 0.4) is 0 Å². The van der Waals surface area contributed by atoms with Gasteiger partial charge in [0.25, 0.3) is 5.56 Å². The minimum absolute atomic E-state index is 0.243. The predicted molar refractivity (Wildman–Crippen MR) is 75.1 cm³/mol. The predicted octanol–water partition coefficient (Wildman–Crippen LogP) is 0.841. The first-order valence-corrected chi connectivity index (χ1v) is 7.02. The molecule has 0 saturated carbocycles. The van der Waals surface area contributed by atoms with E-state index in [1.807, 2.05) is 11.4 Å². The summed E-state index contributed by atoms with van der Waals surface area (Å²) >= 11 is 4.92. The van der Waals surface area contributed by atoms with E-state index in [1.54, 1.807) is 11.3 Å². The van der Waals surface area contributed by atoms with Crippen LogP contribution in [-0.2, 0) is 13.1 Å². The second-order valence-electron chi connectivity index (χ2n) is 3.74. The van der Waals surface area contributed by atoms with Gasteiger partial charge in [0, 0.05) is 40.1 Å². The molecule has 7 heteroatoms. The maximum atomic E-state index is 12.1. The zero-order chi connectivity index (χ0) is 13.1. The summed E-state index contributed by atoms with van der Waals surface area (Å²) in [4.78, 5) is 24.6. The van der Waals surface area contributed by atoms with Crippen molar-refractivity contribution in [2.45, 2.75) is 13.1 Å². The molecule has 2 aromatic heterocycles. The summed E-state index contributed by atoms with van der Waals surface area (Å²) in [5.74, 6) is 0. The Morgan fingerprint density at radius 1 is 1.39 bits per heavy atom. The van der Waals surface area contributed by atoms with E-state index in [9.17, 15) is 9.59 Å². The molecule has 0 unspecified atom stereocenters. The number of rotatable bonds is 4. The Balaban J connectivity index is 2.37. The highest BCUT2D eigenvalue weighted by molar-refractivity contribution is 9.10. The topological polar surface area (TPSA) is 70.0 Å². The number of nitrogens with two attached hydrogens (primary N) is 1. The molecule has 0 saturated heterocycles. The Labute approximate surface area is 116 Å². The van der Waals surface area contributed by atoms with Crippen LogP contribution in [0.25, 0.3) is 0 Å². The van der Waals surface area contributed by atoms with E-state index >= 15 is 0 Å². The van der Waals surface area contributed by atoms with Gasteiger partial charge in [0.15, 0.2) is 0 Å². The average molecular weight is 330 g/mol. The van der Waals surface area contributed by atoms with E-state index in [2.05, 4.69) is 15.9 Å². The molecule has 0 aliphatic heterocycles. The fourth-order valence-corrected chi connectivity index (χ4v) is 3.07. The standard InChI is InChI=1S/C11H12BrN3O2S/c12-8-5-9(18-7-8)6-14-3-1-10(16)15(4-2-13)11(14)17/h1,3,5,7H,2,4,6,13H2. The van der Waals surface area contributed by atoms with Gasteiger partial charge in [0.1, 0.15) is 0 Å². The minimum atomic E-state index is -0.322. The van der Waals surface area contributed by atoms with Gasteiger partial charge in [0.05, 0.1) is 6.54 Å². The molecule has 0 fully saturated rings. The molecule has 2 rings (SSSR count). The van der Waals surface area contributed by atoms with Crippen molar-refractivity contribution < 1.29 is 0 Å². The van der Waals surface area contributed by atoms with Gasteiger partial charge in [-0.1, -0.05) is 0 Å². The quantitative estimate of drug-likeness (QED) is 0.903. The Bertz CT molecular complexity index is 659. The number of thiophene rings is 1. The molecule has 96 valence electrons. The van der Waals surface area contributed by atoms with Crippen LogP contribution in [0.4, 0.5) is 0 Å². The van der Waals surface area contributed by atoms with Crippen molar-refractivity contribution in [2.24, 2.45) is 5.73 Å². The second kappa shape index (κ2) is 5.64. The summed E-state index contributed by atoms with van der Waals surface area (Å²) < 4.78 is 3.66. The van der Waals surface area contributed by atoms with Gasteiger partial charge in [-0.05, 0) is 22.0 Å². The lowest BCUT2D eigenvalue weighted by atomic mass is 10.4. The lowest BCUT2D eigenvalue weighted by Gasteiger charge is -2.07. The van der Waals surface area contributed by atoms with Gasteiger partial charge in [-0.15, -0.1) is 11.3 Å². The van der Waals surface area contributed by atoms with Crippen LogP contribution in [0.15, 0.2) is 37.8 Å². The molecule has 2 aromatic rings. The fourth-order valence-electron chi connectivity index (χ4n) is 1.62. The van der Waals surface area contributed by atoms with E-state index in [-0.39, 0.29) is 24.3 Å². The molecule has 0 radical (unpaired) electrons. The maximum Gasteiger partial charge on any atom is 0.331 e. The molecule has 0 aromatic carbocycles. The lowest BCUT2D eigenvalue weighted by Crippen LogP contribution is -2.40. The molecular formula is C11H12BrN3O2S. The van der Waals surface area contributed by atoms with Gasteiger partial charge < -0.3 is 5.73 Å². The molecule has 2 heterocycles. The average Bonchev–Trinajstić information content (AvgIpc) is 2.74. The molecule has 0 aliphatic carbocycles. The molecule has 0 bridgehead atoms. The summed E-state index contributed by atoms with van der Waals surface area (Å²) in [6.45, 7) is 0.969. The van der Waals surface area contributed by atoms with E-state index in [4.69, 9.17) is 5.73 Å². The summed E-state index contributed by atoms with van der Waals surface area (Å²) in [5, 5.41) is 1.95. The van der Waals surface area contributed by atoms with Gasteiger partial charge in [-0.3, -0.25) is 13.9 Å². The largest absolute Gasteiger partial charge is 0.331 e. The zero-order valence-electron chi connectivity index (χ0n) is 9.51. The summed E-state index contributed by atoms with van der Waals surface area (Å²) in [6.07, 6.45) is 1.52. The molecule has 0 atom stereocenters. The Morgan fingerprint density at radius 2 is 2.17 bits per heavy atom. The smallest absolute Gasteiger partial charge is 0.329 e. The first kappa shape index (κ1) is 13.3. The van der Waals surface area contributed by atoms with Gasteiger partial charge >= 0.3 is 5.69 Å². The van der Waals surface area contributed by atoms with E-state index in [0.717, 1.165) is 13.9 Å². The van der Waals surface area contributed by atoms with E-state index < -0.39 is 0 Å². The summed E-state index contributed by atoms with van der Waals surface area (Å²) in [5.41, 5.74) is 4.76. The van der Waals surface area contributed by atoms with Crippen molar-refractivity contribution in [3.05, 3.63) is 53.9 Å². The SMILES string of the molecule is NCCn1c(=O)ccn(Cc2cc(Br)cs2)c1=O. The molecule has 5 nitrogen and oxygen atoms in total.